The molecular weight excluding hydrogens is 298 g/mol. The van der Waals surface area contributed by atoms with Gasteiger partial charge in [0.2, 0.25) is 10.0 Å². The number of methoxy groups -OCH3 is 1. The molecule has 0 spiro atoms. The second-order valence-electron chi connectivity index (χ2n) is 4.38. The van der Waals surface area contributed by atoms with Gasteiger partial charge in [-0.05, 0) is 30.4 Å². The first kappa shape index (κ1) is 17.3. The fourth-order valence-corrected chi connectivity index (χ4v) is 3.17. The van der Waals surface area contributed by atoms with E-state index < -0.39 is 10.0 Å². The summed E-state index contributed by atoms with van der Waals surface area (Å²) >= 11 is 1.70. The topological polar surface area (TPSA) is 75.6 Å². The molecule has 1 aromatic rings. The van der Waals surface area contributed by atoms with Crippen molar-refractivity contribution in [2.75, 3.05) is 19.9 Å². The molecule has 114 valence electrons. The molecule has 1 atom stereocenters. The van der Waals surface area contributed by atoms with Gasteiger partial charge in [-0.15, -0.1) is 0 Å². The molecule has 0 heterocycles. The highest BCUT2D eigenvalue weighted by Gasteiger charge is 2.19. The van der Waals surface area contributed by atoms with Crippen LogP contribution in [0.3, 0.4) is 0 Å². The highest BCUT2D eigenvalue weighted by atomic mass is 32.2. The van der Waals surface area contributed by atoms with Gasteiger partial charge in [0, 0.05) is 11.8 Å². The summed E-state index contributed by atoms with van der Waals surface area (Å²) in [5, 5.41) is 9.46. The maximum absolute atomic E-state index is 12.2. The Labute approximate surface area is 124 Å². The van der Waals surface area contributed by atoms with Crippen LogP contribution in [0.5, 0.6) is 5.75 Å². The minimum absolute atomic E-state index is 0.0917. The van der Waals surface area contributed by atoms with Crippen molar-refractivity contribution < 1.29 is 18.3 Å². The zero-order valence-corrected chi connectivity index (χ0v) is 13.6. The molecule has 0 aliphatic carbocycles. The maximum Gasteiger partial charge on any atom is 0.244 e. The Kier molecular flexibility index (Phi) is 6.81. The molecule has 0 aliphatic heterocycles. The largest absolute Gasteiger partial charge is 0.495 e. The maximum atomic E-state index is 12.2. The standard InChI is InChI=1S/C13H21NO4S2/c1-10(19-3)6-7-14-20(16,17)13-5-4-11(9-15)8-12(13)18-2/h4-5,8,10,14-15H,6-7,9H2,1-3H3. The van der Waals surface area contributed by atoms with Crippen LogP contribution in [0, 0.1) is 0 Å². The number of hydrogen-bond acceptors (Lipinski definition) is 5. The lowest BCUT2D eigenvalue weighted by Crippen LogP contribution is -2.26. The second kappa shape index (κ2) is 7.87. The quantitative estimate of drug-likeness (QED) is 0.761. The van der Waals surface area contributed by atoms with Gasteiger partial charge in [-0.3, -0.25) is 0 Å². The summed E-state index contributed by atoms with van der Waals surface area (Å²) < 4.78 is 32.1. The van der Waals surface area contributed by atoms with E-state index in [1.807, 2.05) is 6.26 Å². The van der Waals surface area contributed by atoms with Crippen molar-refractivity contribution in [1.82, 2.24) is 4.72 Å². The van der Waals surface area contributed by atoms with Crippen molar-refractivity contribution in [1.29, 1.82) is 0 Å². The average Bonchev–Trinajstić information content (AvgIpc) is 2.45. The van der Waals surface area contributed by atoms with Gasteiger partial charge in [0.1, 0.15) is 10.6 Å². The Bertz CT molecular complexity index is 531. The molecule has 1 aromatic carbocycles. The lowest BCUT2D eigenvalue weighted by atomic mass is 10.2. The zero-order valence-electron chi connectivity index (χ0n) is 11.9. The zero-order chi connectivity index (χ0) is 15.2. The van der Waals surface area contributed by atoms with Crippen LogP contribution < -0.4 is 9.46 Å². The summed E-state index contributed by atoms with van der Waals surface area (Å²) in [6.45, 7) is 2.28. The third-order valence-corrected chi connectivity index (χ3v) is 5.49. The fourth-order valence-electron chi connectivity index (χ4n) is 1.62. The molecule has 0 aromatic heterocycles. The Morgan fingerprint density at radius 1 is 1.45 bits per heavy atom. The number of rotatable bonds is 8. The molecule has 0 radical (unpaired) electrons. The molecule has 0 amide bonds. The van der Waals surface area contributed by atoms with Gasteiger partial charge in [-0.1, -0.05) is 13.0 Å². The summed E-state index contributed by atoms with van der Waals surface area (Å²) in [4.78, 5) is 0.0917. The van der Waals surface area contributed by atoms with E-state index in [0.29, 0.717) is 17.4 Å². The normalized spacial score (nSPS) is 13.2. The van der Waals surface area contributed by atoms with E-state index in [4.69, 9.17) is 9.84 Å². The third kappa shape index (κ3) is 4.66. The van der Waals surface area contributed by atoms with Crippen molar-refractivity contribution in [3.8, 4) is 5.75 Å². The Morgan fingerprint density at radius 2 is 2.15 bits per heavy atom. The van der Waals surface area contributed by atoms with E-state index in [2.05, 4.69) is 11.6 Å². The van der Waals surface area contributed by atoms with E-state index in [9.17, 15) is 8.42 Å². The molecule has 20 heavy (non-hydrogen) atoms. The molecule has 2 N–H and O–H groups in total. The number of aliphatic hydroxyl groups is 1. The number of nitrogens with one attached hydrogen (secondary N) is 1. The summed E-state index contributed by atoms with van der Waals surface area (Å²) in [6.07, 6.45) is 2.76. The first-order valence-electron chi connectivity index (χ1n) is 6.24. The number of sulfonamides is 1. The van der Waals surface area contributed by atoms with E-state index >= 15 is 0 Å². The minimum atomic E-state index is -3.60. The molecule has 1 unspecified atom stereocenters. The van der Waals surface area contributed by atoms with Crippen LogP contribution in [0.25, 0.3) is 0 Å². The van der Waals surface area contributed by atoms with E-state index in [1.165, 1.54) is 19.2 Å². The minimum Gasteiger partial charge on any atom is -0.495 e. The SMILES string of the molecule is COc1cc(CO)ccc1S(=O)(=O)NCCC(C)SC. The lowest BCUT2D eigenvalue weighted by molar-refractivity contribution is 0.280. The summed E-state index contributed by atoms with van der Waals surface area (Å²) in [5.74, 6) is 0.238. The number of hydrogen-bond donors (Lipinski definition) is 2. The van der Waals surface area contributed by atoms with E-state index in [1.54, 1.807) is 17.8 Å². The van der Waals surface area contributed by atoms with Gasteiger partial charge >= 0.3 is 0 Å². The first-order chi connectivity index (χ1) is 9.44. The van der Waals surface area contributed by atoms with Crippen LogP contribution >= 0.6 is 11.8 Å². The first-order valence-corrected chi connectivity index (χ1v) is 9.02. The van der Waals surface area contributed by atoms with Crippen molar-refractivity contribution in [3.63, 3.8) is 0 Å². The van der Waals surface area contributed by atoms with Crippen LogP contribution in [0.1, 0.15) is 18.9 Å². The van der Waals surface area contributed by atoms with Crippen molar-refractivity contribution in [2.24, 2.45) is 0 Å². The predicted octanol–water partition coefficient (Wildman–Crippen LogP) is 1.61. The van der Waals surface area contributed by atoms with Gasteiger partial charge in [0.05, 0.1) is 13.7 Å². The predicted molar refractivity (Wildman–Crippen MR) is 81.7 cm³/mol. The molecule has 0 aliphatic rings. The van der Waals surface area contributed by atoms with Crippen molar-refractivity contribution in [2.45, 2.75) is 30.1 Å². The Morgan fingerprint density at radius 3 is 2.70 bits per heavy atom. The lowest BCUT2D eigenvalue weighted by Gasteiger charge is -2.13. The molecule has 0 saturated carbocycles. The number of ether oxygens (including phenoxy) is 1. The van der Waals surface area contributed by atoms with Gasteiger partial charge in [-0.2, -0.15) is 11.8 Å². The third-order valence-electron chi connectivity index (χ3n) is 2.95. The summed E-state index contributed by atoms with van der Waals surface area (Å²) in [6, 6.07) is 4.55. The highest BCUT2D eigenvalue weighted by Crippen LogP contribution is 2.25. The smallest absolute Gasteiger partial charge is 0.244 e. The highest BCUT2D eigenvalue weighted by molar-refractivity contribution is 7.99. The molecule has 0 saturated heterocycles. The number of benzene rings is 1. The number of thioether (sulfide) groups is 1. The monoisotopic (exact) mass is 319 g/mol. The summed E-state index contributed by atoms with van der Waals surface area (Å²) in [7, 11) is -2.19. The Hall–Kier alpha value is -0.760. The molecule has 5 nitrogen and oxygen atoms in total. The van der Waals surface area contributed by atoms with Crippen LogP contribution in [0.2, 0.25) is 0 Å². The van der Waals surface area contributed by atoms with Gasteiger partial charge in [0.25, 0.3) is 0 Å². The van der Waals surface area contributed by atoms with E-state index in [-0.39, 0.29) is 17.3 Å². The molecule has 0 bridgehead atoms. The van der Waals surface area contributed by atoms with Crippen LogP contribution in [0.15, 0.2) is 23.1 Å². The molecule has 0 fully saturated rings. The average molecular weight is 319 g/mol. The van der Waals surface area contributed by atoms with Crippen molar-refractivity contribution >= 4 is 21.8 Å². The van der Waals surface area contributed by atoms with Gasteiger partial charge in [-0.25, -0.2) is 13.1 Å². The molecular formula is C13H21NO4S2. The van der Waals surface area contributed by atoms with Crippen LogP contribution in [0.4, 0.5) is 0 Å². The second-order valence-corrected chi connectivity index (χ2v) is 7.39. The Balaban J connectivity index is 2.86. The van der Waals surface area contributed by atoms with Gasteiger partial charge < -0.3 is 9.84 Å². The van der Waals surface area contributed by atoms with Gasteiger partial charge in [0.15, 0.2) is 0 Å². The molecule has 7 heteroatoms. The molecule has 1 rings (SSSR count). The van der Waals surface area contributed by atoms with Crippen LogP contribution in [-0.4, -0.2) is 38.7 Å². The number of aliphatic hydroxyl groups excluding tert-OH is 1. The fraction of sp³-hybridized carbons (Fsp3) is 0.538. The summed E-state index contributed by atoms with van der Waals surface area (Å²) in [5.41, 5.74) is 0.608. The van der Waals surface area contributed by atoms with Crippen molar-refractivity contribution in [3.05, 3.63) is 23.8 Å². The van der Waals surface area contributed by atoms with Crippen LogP contribution in [-0.2, 0) is 16.6 Å². The van der Waals surface area contributed by atoms with E-state index in [0.717, 1.165) is 6.42 Å².